The van der Waals surface area contributed by atoms with Gasteiger partial charge >= 0.3 is 0 Å². The number of carbonyl (C=O) groups excluding carboxylic acids is 1. The van der Waals surface area contributed by atoms with Gasteiger partial charge in [-0.3, -0.25) is 4.79 Å². The number of carbonyl (C=O) groups is 1. The van der Waals surface area contributed by atoms with E-state index in [-0.39, 0.29) is 5.78 Å². The summed E-state index contributed by atoms with van der Waals surface area (Å²) in [5.74, 6) is 0.209. The molecule has 1 saturated heterocycles. The number of Topliss-reactive ketones (excluding diaryl/α,β-unsaturated/α-hetero) is 1. The third-order valence-electron chi connectivity index (χ3n) is 4.93. The molecular formula is C21H25NO2. The van der Waals surface area contributed by atoms with E-state index in [9.17, 15) is 9.90 Å². The minimum atomic E-state index is -0.727. The lowest BCUT2D eigenvalue weighted by Crippen LogP contribution is -2.42. The molecule has 0 amide bonds. The first-order valence-corrected chi connectivity index (χ1v) is 8.78. The van der Waals surface area contributed by atoms with Gasteiger partial charge < -0.3 is 10.0 Å². The van der Waals surface area contributed by atoms with Gasteiger partial charge in [-0.2, -0.15) is 0 Å². The number of rotatable bonds is 5. The molecule has 3 heteroatoms. The highest BCUT2D eigenvalue weighted by atomic mass is 16.3. The van der Waals surface area contributed by atoms with Crippen LogP contribution in [0.1, 0.15) is 48.5 Å². The van der Waals surface area contributed by atoms with E-state index in [0.29, 0.717) is 19.3 Å². The third kappa shape index (κ3) is 3.51. The van der Waals surface area contributed by atoms with Crippen molar-refractivity contribution in [1.82, 2.24) is 0 Å². The Morgan fingerprint density at radius 2 is 1.67 bits per heavy atom. The zero-order valence-electron chi connectivity index (χ0n) is 14.2. The molecule has 1 heterocycles. The molecule has 3 rings (SSSR count). The number of nitrogens with zero attached hydrogens (tertiary/aromatic N) is 1. The van der Waals surface area contributed by atoms with Crippen LogP contribution in [0.15, 0.2) is 54.6 Å². The molecule has 1 aliphatic heterocycles. The lowest BCUT2D eigenvalue weighted by Gasteiger charge is -2.39. The standard InChI is InChI=1S/C21H25NO2/c1-2-6-20(23)17-9-11-19(12-10-17)22-15-13-21(24,14-16-22)18-7-4-3-5-8-18/h3-5,7-12,24H,2,6,13-16H2,1H3. The summed E-state index contributed by atoms with van der Waals surface area (Å²) in [7, 11) is 0. The number of ketones is 1. The second kappa shape index (κ2) is 7.18. The first-order chi connectivity index (χ1) is 11.6. The van der Waals surface area contributed by atoms with Crippen molar-refractivity contribution in [3.05, 3.63) is 65.7 Å². The van der Waals surface area contributed by atoms with Gasteiger partial charge in [-0.15, -0.1) is 0 Å². The fourth-order valence-electron chi connectivity index (χ4n) is 3.40. The number of aliphatic hydroxyl groups is 1. The minimum absolute atomic E-state index is 0.209. The Hall–Kier alpha value is -2.13. The number of benzene rings is 2. The van der Waals surface area contributed by atoms with E-state index in [2.05, 4.69) is 4.90 Å². The highest BCUT2D eigenvalue weighted by Gasteiger charge is 2.33. The molecule has 126 valence electrons. The van der Waals surface area contributed by atoms with Crippen LogP contribution >= 0.6 is 0 Å². The molecule has 3 nitrogen and oxygen atoms in total. The number of anilines is 1. The summed E-state index contributed by atoms with van der Waals surface area (Å²) in [4.78, 5) is 14.2. The van der Waals surface area contributed by atoms with Crippen molar-refractivity contribution in [3.8, 4) is 0 Å². The van der Waals surface area contributed by atoms with E-state index in [0.717, 1.165) is 36.3 Å². The van der Waals surface area contributed by atoms with Gasteiger partial charge in [-0.05, 0) is 49.1 Å². The molecule has 0 atom stereocenters. The first kappa shape index (κ1) is 16.7. The molecule has 1 N–H and O–H groups in total. The van der Waals surface area contributed by atoms with Crippen molar-refractivity contribution in [2.24, 2.45) is 0 Å². The molecule has 1 aliphatic rings. The van der Waals surface area contributed by atoms with Crippen LogP contribution in [0.3, 0.4) is 0 Å². The predicted octanol–water partition coefficient (Wildman–Crippen LogP) is 4.16. The summed E-state index contributed by atoms with van der Waals surface area (Å²) in [6, 6.07) is 17.8. The van der Waals surface area contributed by atoms with E-state index in [1.165, 1.54) is 0 Å². The monoisotopic (exact) mass is 323 g/mol. The summed E-state index contributed by atoms with van der Waals surface area (Å²) >= 11 is 0. The van der Waals surface area contributed by atoms with Crippen molar-refractivity contribution in [2.45, 2.75) is 38.2 Å². The quantitative estimate of drug-likeness (QED) is 0.840. The van der Waals surface area contributed by atoms with E-state index < -0.39 is 5.60 Å². The van der Waals surface area contributed by atoms with Crippen LogP contribution in [-0.2, 0) is 5.60 Å². The average molecular weight is 323 g/mol. The van der Waals surface area contributed by atoms with Gasteiger partial charge in [0.25, 0.3) is 0 Å². The highest BCUT2D eigenvalue weighted by molar-refractivity contribution is 5.96. The van der Waals surface area contributed by atoms with Crippen LogP contribution in [0.2, 0.25) is 0 Å². The normalized spacial score (nSPS) is 16.8. The lowest BCUT2D eigenvalue weighted by atomic mass is 9.84. The predicted molar refractivity (Wildman–Crippen MR) is 97.5 cm³/mol. The van der Waals surface area contributed by atoms with E-state index in [1.54, 1.807) is 0 Å². The van der Waals surface area contributed by atoms with Crippen molar-refractivity contribution in [2.75, 3.05) is 18.0 Å². The van der Waals surface area contributed by atoms with Gasteiger partial charge in [0.1, 0.15) is 0 Å². The fourth-order valence-corrected chi connectivity index (χ4v) is 3.40. The summed E-state index contributed by atoms with van der Waals surface area (Å²) in [5, 5.41) is 10.9. The third-order valence-corrected chi connectivity index (χ3v) is 4.93. The van der Waals surface area contributed by atoms with Crippen molar-refractivity contribution < 1.29 is 9.90 Å². The Kier molecular flexibility index (Phi) is 5.00. The van der Waals surface area contributed by atoms with Crippen molar-refractivity contribution in [3.63, 3.8) is 0 Å². The average Bonchev–Trinajstić information content (AvgIpc) is 2.63. The van der Waals surface area contributed by atoms with Gasteiger partial charge in [-0.1, -0.05) is 37.3 Å². The van der Waals surface area contributed by atoms with Crippen LogP contribution in [-0.4, -0.2) is 24.0 Å². The summed E-state index contributed by atoms with van der Waals surface area (Å²) in [6.45, 7) is 3.65. The zero-order valence-corrected chi connectivity index (χ0v) is 14.2. The molecule has 2 aromatic carbocycles. The molecule has 0 radical (unpaired) electrons. The Morgan fingerprint density at radius 1 is 1.04 bits per heavy atom. The number of hydrogen-bond donors (Lipinski definition) is 1. The second-order valence-corrected chi connectivity index (χ2v) is 6.60. The molecule has 0 spiro atoms. The first-order valence-electron chi connectivity index (χ1n) is 8.78. The number of piperidine rings is 1. The van der Waals surface area contributed by atoms with E-state index >= 15 is 0 Å². The Labute approximate surface area is 143 Å². The second-order valence-electron chi connectivity index (χ2n) is 6.60. The maximum atomic E-state index is 11.9. The van der Waals surface area contributed by atoms with Crippen LogP contribution < -0.4 is 4.90 Å². The van der Waals surface area contributed by atoms with Crippen LogP contribution in [0.5, 0.6) is 0 Å². The van der Waals surface area contributed by atoms with E-state index in [1.807, 2.05) is 61.5 Å². The van der Waals surface area contributed by atoms with E-state index in [4.69, 9.17) is 0 Å². The maximum absolute atomic E-state index is 11.9. The molecule has 0 aromatic heterocycles. The molecule has 0 saturated carbocycles. The van der Waals surface area contributed by atoms with Gasteiger partial charge in [0, 0.05) is 30.8 Å². The summed E-state index contributed by atoms with van der Waals surface area (Å²) < 4.78 is 0. The Balaban J connectivity index is 1.65. The van der Waals surface area contributed by atoms with Crippen LogP contribution in [0.25, 0.3) is 0 Å². The molecule has 2 aromatic rings. The molecule has 1 fully saturated rings. The highest BCUT2D eigenvalue weighted by Crippen LogP contribution is 2.34. The van der Waals surface area contributed by atoms with Crippen molar-refractivity contribution in [1.29, 1.82) is 0 Å². The Morgan fingerprint density at radius 3 is 2.25 bits per heavy atom. The largest absolute Gasteiger partial charge is 0.385 e. The number of hydrogen-bond acceptors (Lipinski definition) is 3. The lowest BCUT2D eigenvalue weighted by molar-refractivity contribution is 0.0118. The topological polar surface area (TPSA) is 40.5 Å². The van der Waals surface area contributed by atoms with Gasteiger partial charge in [-0.25, -0.2) is 0 Å². The molecule has 0 aliphatic carbocycles. The molecule has 0 bridgehead atoms. The maximum Gasteiger partial charge on any atom is 0.162 e. The van der Waals surface area contributed by atoms with Crippen molar-refractivity contribution >= 4 is 11.5 Å². The van der Waals surface area contributed by atoms with Crippen LogP contribution in [0.4, 0.5) is 5.69 Å². The van der Waals surface area contributed by atoms with Gasteiger partial charge in [0.05, 0.1) is 5.60 Å². The van der Waals surface area contributed by atoms with Gasteiger partial charge in [0.2, 0.25) is 0 Å². The molecular weight excluding hydrogens is 298 g/mol. The Bertz CT molecular complexity index is 671. The van der Waals surface area contributed by atoms with Gasteiger partial charge in [0.15, 0.2) is 5.78 Å². The zero-order chi connectivity index (χ0) is 17.0. The molecule has 0 unspecified atom stereocenters. The molecule has 24 heavy (non-hydrogen) atoms. The summed E-state index contributed by atoms with van der Waals surface area (Å²) in [6.07, 6.45) is 2.92. The smallest absolute Gasteiger partial charge is 0.162 e. The fraction of sp³-hybridized carbons (Fsp3) is 0.381. The SMILES string of the molecule is CCCC(=O)c1ccc(N2CCC(O)(c3ccccc3)CC2)cc1. The van der Waals surface area contributed by atoms with Crippen LogP contribution in [0, 0.1) is 0 Å². The summed E-state index contributed by atoms with van der Waals surface area (Å²) in [5.41, 5.74) is 2.19. The minimum Gasteiger partial charge on any atom is -0.385 e.